The van der Waals surface area contributed by atoms with Crippen LogP contribution in [0.4, 0.5) is 5.88 Å². The SMILES string of the molecule is CSc1nc(-c2ccc([N+](=O)[O-])o2)cs1. The van der Waals surface area contributed by atoms with Gasteiger partial charge < -0.3 is 4.42 Å². The maximum atomic E-state index is 10.4. The minimum Gasteiger partial charge on any atom is -0.399 e. The zero-order valence-corrected chi connectivity index (χ0v) is 9.30. The van der Waals surface area contributed by atoms with E-state index in [9.17, 15) is 10.1 Å². The molecule has 15 heavy (non-hydrogen) atoms. The van der Waals surface area contributed by atoms with E-state index in [-0.39, 0.29) is 5.88 Å². The lowest BCUT2D eigenvalue weighted by Crippen LogP contribution is -1.82. The first-order valence-electron chi connectivity index (χ1n) is 3.95. The van der Waals surface area contributed by atoms with Gasteiger partial charge in [0.05, 0.1) is 6.07 Å². The monoisotopic (exact) mass is 242 g/mol. The van der Waals surface area contributed by atoms with Crippen molar-refractivity contribution in [3.05, 3.63) is 27.6 Å². The number of nitro groups is 1. The largest absolute Gasteiger partial charge is 0.433 e. The molecule has 0 amide bonds. The highest BCUT2D eigenvalue weighted by Crippen LogP contribution is 2.29. The van der Waals surface area contributed by atoms with E-state index in [2.05, 4.69) is 4.98 Å². The zero-order chi connectivity index (χ0) is 10.8. The Kier molecular flexibility index (Phi) is 2.74. The summed E-state index contributed by atoms with van der Waals surface area (Å²) in [5.41, 5.74) is 0.637. The number of thioether (sulfide) groups is 1. The molecule has 0 aliphatic heterocycles. The summed E-state index contributed by atoms with van der Waals surface area (Å²) in [6, 6.07) is 2.88. The van der Waals surface area contributed by atoms with Crippen LogP contribution in [0.1, 0.15) is 0 Å². The maximum absolute atomic E-state index is 10.4. The number of aromatic nitrogens is 1. The van der Waals surface area contributed by atoms with E-state index in [0.717, 1.165) is 4.34 Å². The molecule has 0 atom stereocenters. The van der Waals surface area contributed by atoms with E-state index in [0.29, 0.717) is 11.5 Å². The molecule has 2 aromatic rings. The van der Waals surface area contributed by atoms with Crippen LogP contribution in [0.15, 0.2) is 26.3 Å². The Labute approximate surface area is 93.3 Å². The Morgan fingerprint density at radius 2 is 2.40 bits per heavy atom. The minimum atomic E-state index is -0.564. The third-order valence-electron chi connectivity index (χ3n) is 1.68. The first kappa shape index (κ1) is 10.2. The van der Waals surface area contributed by atoms with Crippen molar-refractivity contribution >= 4 is 29.0 Å². The molecule has 0 fully saturated rings. The highest BCUT2D eigenvalue weighted by Gasteiger charge is 2.14. The molecule has 2 aromatic heterocycles. The van der Waals surface area contributed by atoms with Crippen LogP contribution in [0.25, 0.3) is 11.5 Å². The summed E-state index contributed by atoms with van der Waals surface area (Å²) in [6.45, 7) is 0. The Hall–Kier alpha value is -1.34. The van der Waals surface area contributed by atoms with E-state index < -0.39 is 4.92 Å². The smallest absolute Gasteiger partial charge is 0.399 e. The van der Waals surface area contributed by atoms with Crippen LogP contribution < -0.4 is 0 Å². The van der Waals surface area contributed by atoms with Crippen LogP contribution in [0.3, 0.4) is 0 Å². The summed E-state index contributed by atoms with van der Waals surface area (Å²) in [5.74, 6) is 0.168. The summed E-state index contributed by atoms with van der Waals surface area (Å²) >= 11 is 3.01. The summed E-state index contributed by atoms with van der Waals surface area (Å²) in [4.78, 5) is 14.1. The summed E-state index contributed by atoms with van der Waals surface area (Å²) in [7, 11) is 0. The van der Waals surface area contributed by atoms with Crippen molar-refractivity contribution in [3.8, 4) is 11.5 Å². The van der Waals surface area contributed by atoms with Gasteiger partial charge in [-0.05, 0) is 12.3 Å². The highest BCUT2D eigenvalue weighted by molar-refractivity contribution is 8.00. The lowest BCUT2D eigenvalue weighted by atomic mass is 10.4. The van der Waals surface area contributed by atoms with Gasteiger partial charge in [0, 0.05) is 5.38 Å². The second kappa shape index (κ2) is 4.03. The van der Waals surface area contributed by atoms with Gasteiger partial charge in [-0.3, -0.25) is 10.1 Å². The van der Waals surface area contributed by atoms with Crippen molar-refractivity contribution in [2.45, 2.75) is 4.34 Å². The summed E-state index contributed by atoms with van der Waals surface area (Å²) in [6.07, 6.45) is 1.92. The molecule has 0 unspecified atom stereocenters. The van der Waals surface area contributed by atoms with Gasteiger partial charge in [0.15, 0.2) is 5.76 Å². The van der Waals surface area contributed by atoms with Gasteiger partial charge in [-0.1, -0.05) is 11.8 Å². The summed E-state index contributed by atoms with van der Waals surface area (Å²) < 4.78 is 5.93. The van der Waals surface area contributed by atoms with Crippen LogP contribution in [0.2, 0.25) is 0 Å². The van der Waals surface area contributed by atoms with Gasteiger partial charge in [-0.25, -0.2) is 4.98 Å². The van der Waals surface area contributed by atoms with Gasteiger partial charge in [0.1, 0.15) is 15.0 Å². The van der Waals surface area contributed by atoms with E-state index in [4.69, 9.17) is 4.42 Å². The molecule has 0 bridgehead atoms. The molecule has 0 radical (unpaired) electrons. The van der Waals surface area contributed by atoms with Crippen LogP contribution in [0.5, 0.6) is 0 Å². The van der Waals surface area contributed by atoms with Crippen LogP contribution in [-0.2, 0) is 0 Å². The van der Waals surface area contributed by atoms with Crippen LogP contribution in [0, 0.1) is 10.1 Å². The molecule has 0 saturated carbocycles. The second-order valence-corrected chi connectivity index (χ2v) is 4.51. The quantitative estimate of drug-likeness (QED) is 0.470. The third kappa shape index (κ3) is 2.02. The van der Waals surface area contributed by atoms with Gasteiger partial charge in [-0.2, -0.15) is 0 Å². The van der Waals surface area contributed by atoms with Crippen LogP contribution in [-0.4, -0.2) is 16.2 Å². The van der Waals surface area contributed by atoms with Crippen molar-refractivity contribution in [3.63, 3.8) is 0 Å². The number of furan rings is 1. The number of thiazole rings is 1. The van der Waals surface area contributed by atoms with Crippen molar-refractivity contribution < 1.29 is 9.34 Å². The van der Waals surface area contributed by atoms with Gasteiger partial charge >= 0.3 is 5.88 Å². The molecule has 5 nitrogen and oxygen atoms in total. The second-order valence-electron chi connectivity index (χ2n) is 2.60. The number of hydrogen-bond acceptors (Lipinski definition) is 6. The molecular formula is C8H6N2O3S2. The number of hydrogen-bond donors (Lipinski definition) is 0. The maximum Gasteiger partial charge on any atom is 0.433 e. The average Bonchev–Trinajstić information content (AvgIpc) is 2.86. The fourth-order valence-corrected chi connectivity index (χ4v) is 2.28. The lowest BCUT2D eigenvalue weighted by Gasteiger charge is -1.87. The molecule has 78 valence electrons. The topological polar surface area (TPSA) is 69.2 Å². The molecule has 7 heteroatoms. The van der Waals surface area contributed by atoms with Crippen LogP contribution >= 0.6 is 23.1 Å². The third-order valence-corrected chi connectivity index (χ3v) is 3.55. The van der Waals surface area contributed by atoms with Gasteiger partial charge in [-0.15, -0.1) is 11.3 Å². The lowest BCUT2D eigenvalue weighted by molar-refractivity contribution is -0.401. The van der Waals surface area contributed by atoms with E-state index in [1.165, 1.54) is 29.2 Å². The highest BCUT2D eigenvalue weighted by atomic mass is 32.2. The van der Waals surface area contributed by atoms with Crippen molar-refractivity contribution in [2.24, 2.45) is 0 Å². The Bertz CT molecular complexity index is 492. The van der Waals surface area contributed by atoms with Gasteiger partial charge in [0.2, 0.25) is 0 Å². The standard InChI is InChI=1S/C8H6N2O3S2/c1-14-8-9-5(4-15-8)6-2-3-7(13-6)10(11)12/h2-4H,1H3. The number of nitrogens with zero attached hydrogens (tertiary/aromatic N) is 2. The average molecular weight is 242 g/mol. The summed E-state index contributed by atoms with van der Waals surface area (Å²) in [5, 5.41) is 12.2. The zero-order valence-electron chi connectivity index (χ0n) is 7.67. The molecular weight excluding hydrogens is 236 g/mol. The molecule has 0 aromatic carbocycles. The fourth-order valence-electron chi connectivity index (χ4n) is 1.03. The predicted molar refractivity (Wildman–Crippen MR) is 58.3 cm³/mol. The Morgan fingerprint density at radius 3 is 2.93 bits per heavy atom. The van der Waals surface area contributed by atoms with Gasteiger partial charge in [0.25, 0.3) is 0 Å². The Balaban J connectivity index is 2.32. The number of rotatable bonds is 3. The van der Waals surface area contributed by atoms with E-state index in [1.54, 1.807) is 6.07 Å². The van der Waals surface area contributed by atoms with E-state index >= 15 is 0 Å². The first-order valence-corrected chi connectivity index (χ1v) is 6.05. The van der Waals surface area contributed by atoms with Crippen molar-refractivity contribution in [2.75, 3.05) is 6.26 Å². The Morgan fingerprint density at radius 1 is 1.60 bits per heavy atom. The minimum absolute atomic E-state index is 0.260. The molecule has 0 N–H and O–H groups in total. The first-order chi connectivity index (χ1) is 7.20. The molecule has 0 spiro atoms. The normalized spacial score (nSPS) is 10.5. The molecule has 2 heterocycles. The van der Waals surface area contributed by atoms with E-state index in [1.807, 2.05) is 11.6 Å². The molecule has 2 rings (SSSR count). The van der Waals surface area contributed by atoms with Crippen molar-refractivity contribution in [1.29, 1.82) is 0 Å². The van der Waals surface area contributed by atoms with Crippen molar-refractivity contribution in [1.82, 2.24) is 4.98 Å². The molecule has 0 saturated heterocycles. The molecule has 0 aliphatic carbocycles. The predicted octanol–water partition coefficient (Wildman–Crippen LogP) is 3.03. The molecule has 0 aliphatic rings. The fraction of sp³-hybridized carbons (Fsp3) is 0.125.